The zero-order valence-electron chi connectivity index (χ0n) is 37.0. The fraction of sp³-hybridized carbons (Fsp3) is 0.976. The van der Waals surface area contributed by atoms with Crippen molar-refractivity contribution in [2.75, 3.05) is 49.1 Å². The number of aliphatic hydroxyl groups excluding tert-OH is 3. The summed E-state index contributed by atoms with van der Waals surface area (Å²) in [6.07, 6.45) is 2.02. The summed E-state index contributed by atoms with van der Waals surface area (Å²) in [5, 5.41) is 34.8. The minimum atomic E-state index is -1.23. The number of aliphatic hydroxyl groups is 4. The van der Waals surface area contributed by atoms with E-state index in [-0.39, 0.29) is 42.4 Å². The molecular formula is C41H83NO12. The van der Waals surface area contributed by atoms with E-state index in [0.717, 1.165) is 40.1 Å². The van der Waals surface area contributed by atoms with Crippen LogP contribution in [0.1, 0.15) is 115 Å². The van der Waals surface area contributed by atoms with Crippen LogP contribution in [0.5, 0.6) is 0 Å². The second-order valence-electron chi connectivity index (χ2n) is 15.8. The van der Waals surface area contributed by atoms with Crippen LogP contribution in [0, 0.1) is 23.7 Å². The summed E-state index contributed by atoms with van der Waals surface area (Å²) in [4.78, 5) is 15.6. The maximum absolute atomic E-state index is 13.4. The predicted molar refractivity (Wildman–Crippen MR) is 211 cm³/mol. The first-order chi connectivity index (χ1) is 25.4. The van der Waals surface area contributed by atoms with Gasteiger partial charge in [-0.1, -0.05) is 41.5 Å². The van der Waals surface area contributed by atoms with Crippen LogP contribution < -0.4 is 0 Å². The Kier molecular flexibility index (Phi) is 24.9. The normalized spacial score (nSPS) is 42.7. The van der Waals surface area contributed by atoms with Crippen molar-refractivity contribution in [3.05, 3.63) is 0 Å². The van der Waals surface area contributed by atoms with Gasteiger partial charge in [-0.05, 0) is 86.2 Å². The third-order valence-corrected chi connectivity index (χ3v) is 11.9. The molecule has 4 heterocycles. The monoisotopic (exact) mass is 782 g/mol. The third-order valence-electron chi connectivity index (χ3n) is 11.9. The van der Waals surface area contributed by atoms with Gasteiger partial charge in [0.2, 0.25) is 0 Å². The van der Waals surface area contributed by atoms with E-state index in [2.05, 4.69) is 46.7 Å². The highest BCUT2D eigenvalue weighted by atomic mass is 16.7. The van der Waals surface area contributed by atoms with Gasteiger partial charge in [-0.15, -0.1) is 0 Å². The largest absolute Gasteiger partial charge is 0.459 e. The van der Waals surface area contributed by atoms with Gasteiger partial charge >= 0.3 is 5.97 Å². The van der Waals surface area contributed by atoms with E-state index in [0.29, 0.717) is 31.2 Å². The molecule has 13 nitrogen and oxygen atoms in total. The number of esters is 1. The van der Waals surface area contributed by atoms with Gasteiger partial charge in [0.1, 0.15) is 11.7 Å². The van der Waals surface area contributed by atoms with E-state index in [9.17, 15) is 15.0 Å². The number of carbonyl (C=O) groups excluding carboxylic acids is 1. The van der Waals surface area contributed by atoms with Gasteiger partial charge in [-0.2, -0.15) is 0 Å². The minimum absolute atomic E-state index is 0.0287. The average molecular weight is 782 g/mol. The summed E-state index contributed by atoms with van der Waals surface area (Å²) in [6.45, 7) is 22.6. The Bertz CT molecular complexity index is 993. The van der Waals surface area contributed by atoms with E-state index >= 15 is 0 Å². The van der Waals surface area contributed by atoms with Crippen molar-refractivity contribution >= 4 is 5.97 Å². The lowest BCUT2D eigenvalue weighted by Crippen LogP contribution is -2.53. The van der Waals surface area contributed by atoms with E-state index in [4.69, 9.17) is 43.4 Å². The smallest absolute Gasteiger partial charge is 0.311 e. The lowest BCUT2D eigenvalue weighted by Gasteiger charge is -2.44. The molecule has 16 atom stereocenters. The zero-order valence-corrected chi connectivity index (χ0v) is 37.0. The predicted octanol–water partition coefficient (Wildman–Crippen LogP) is 4.82. The van der Waals surface area contributed by atoms with Crippen molar-refractivity contribution in [1.82, 2.24) is 4.90 Å². The zero-order chi connectivity index (χ0) is 42.1. The standard InChI is InChI=1S/C30H55NO8.C7H14O2.C2H6.2CH4O/c1-12-23-30(7,33)20(5)27-26(39-27)17(2)16-29(6,35-11)24(15-22(34-10)19(4)28(32)38-23)37-25-14-21(31(8)9)13-18(3)36-25;1-5-3-4-9-6(2)7(5)8;3*1-2/h17-27,33H,12-16H2,1-11H3;5-8H,3-4H2,1-2H3;1-2H3;2*2H,1H3/t17-,18?,19?,20?,21?,22+,23-,24-,25?,26?,27?,29-,30+;5?,6?,7-;;;/m11.../s1. The topological polar surface area (TPSA) is 169 Å². The highest BCUT2D eigenvalue weighted by Gasteiger charge is 2.56. The number of rotatable bonds is 6. The number of ether oxygens (including phenoxy) is 7. The van der Waals surface area contributed by atoms with Crippen LogP contribution in [-0.2, 0) is 38.0 Å². The van der Waals surface area contributed by atoms with E-state index in [1.54, 1.807) is 21.1 Å². The van der Waals surface area contributed by atoms with E-state index in [1.165, 1.54) is 0 Å². The molecule has 0 amide bonds. The molecule has 0 radical (unpaired) electrons. The van der Waals surface area contributed by atoms with Gasteiger partial charge in [-0.25, -0.2) is 0 Å². The summed E-state index contributed by atoms with van der Waals surface area (Å²) in [7, 11) is 9.50. The van der Waals surface area contributed by atoms with Crippen LogP contribution in [0.3, 0.4) is 0 Å². The maximum atomic E-state index is 13.4. The lowest BCUT2D eigenvalue weighted by molar-refractivity contribution is -0.260. The molecule has 4 aliphatic heterocycles. The molecule has 9 unspecified atom stereocenters. The Morgan fingerprint density at radius 3 is 1.96 bits per heavy atom. The highest BCUT2D eigenvalue weighted by Crippen LogP contribution is 2.45. The molecule has 0 bridgehead atoms. The van der Waals surface area contributed by atoms with Gasteiger partial charge in [0.05, 0.1) is 54.2 Å². The van der Waals surface area contributed by atoms with Crippen molar-refractivity contribution in [2.45, 2.75) is 187 Å². The molecule has 324 valence electrons. The Morgan fingerprint density at radius 1 is 0.889 bits per heavy atom. The summed E-state index contributed by atoms with van der Waals surface area (Å²) in [6, 6.07) is 0.345. The molecule has 54 heavy (non-hydrogen) atoms. The molecule has 0 aromatic heterocycles. The summed E-state index contributed by atoms with van der Waals surface area (Å²) >= 11 is 0. The third kappa shape index (κ3) is 14.8. The van der Waals surface area contributed by atoms with Gasteiger partial charge in [-0.3, -0.25) is 4.79 Å². The van der Waals surface area contributed by atoms with E-state index < -0.39 is 47.7 Å². The quantitative estimate of drug-likeness (QED) is 0.214. The number of nitrogens with zero attached hydrogens (tertiary/aromatic N) is 1. The molecule has 4 fully saturated rings. The first-order valence-electron chi connectivity index (χ1n) is 20.2. The molecule has 4 rings (SSSR count). The van der Waals surface area contributed by atoms with Crippen molar-refractivity contribution in [3.8, 4) is 0 Å². The number of cyclic esters (lactones) is 1. The molecule has 0 spiro atoms. The molecule has 13 heteroatoms. The second-order valence-corrected chi connectivity index (χ2v) is 15.8. The molecule has 4 N–H and O–H groups in total. The van der Waals surface area contributed by atoms with Crippen LogP contribution in [0.25, 0.3) is 0 Å². The van der Waals surface area contributed by atoms with Gasteiger partial charge in [0.15, 0.2) is 6.29 Å². The average Bonchev–Trinajstić information content (AvgIpc) is 3.97. The molecule has 0 aromatic carbocycles. The van der Waals surface area contributed by atoms with Crippen molar-refractivity contribution in [1.29, 1.82) is 0 Å². The van der Waals surface area contributed by atoms with Gasteiger partial charge < -0.3 is 58.5 Å². The number of carbonyl (C=O) groups is 1. The van der Waals surface area contributed by atoms with Crippen LogP contribution in [0.4, 0.5) is 0 Å². The number of hydrogen-bond donors (Lipinski definition) is 4. The van der Waals surface area contributed by atoms with Gasteiger partial charge in [0, 0.05) is 59.8 Å². The minimum Gasteiger partial charge on any atom is -0.459 e. The Balaban J connectivity index is 0.00000159. The Morgan fingerprint density at radius 2 is 1.48 bits per heavy atom. The highest BCUT2D eigenvalue weighted by molar-refractivity contribution is 5.73. The molecular weight excluding hydrogens is 698 g/mol. The van der Waals surface area contributed by atoms with E-state index in [1.807, 2.05) is 41.5 Å². The lowest BCUT2D eigenvalue weighted by atomic mass is 9.77. The van der Waals surface area contributed by atoms with Crippen molar-refractivity contribution in [2.24, 2.45) is 23.7 Å². The number of methoxy groups -OCH3 is 2. The number of hydrogen-bond acceptors (Lipinski definition) is 13. The van der Waals surface area contributed by atoms with Crippen LogP contribution in [0.2, 0.25) is 0 Å². The number of fused-ring (bicyclic) bond motifs is 1. The fourth-order valence-electron chi connectivity index (χ4n) is 7.84. The Hall–Kier alpha value is -0.970. The van der Waals surface area contributed by atoms with Crippen LogP contribution in [-0.4, -0.2) is 153 Å². The van der Waals surface area contributed by atoms with Crippen molar-refractivity contribution < 1.29 is 58.4 Å². The van der Waals surface area contributed by atoms with Gasteiger partial charge in [0.25, 0.3) is 0 Å². The second kappa shape index (κ2) is 25.4. The Labute approximate surface area is 328 Å². The summed E-state index contributed by atoms with van der Waals surface area (Å²) in [5.41, 5.74) is -1.93. The molecule has 0 aromatic rings. The first kappa shape index (κ1) is 53.0. The van der Waals surface area contributed by atoms with Crippen LogP contribution in [0.15, 0.2) is 0 Å². The molecule has 4 saturated heterocycles. The SMILES string of the molecule is CC.CC1CCOC(C)[C@@H]1O.CC[C@H]1OC(=O)C(C)[C@@H](OC)C[C@@H](OC2CC(N(C)C)CC(C)O2)[C@](C)(OC)C[C@@H](C)C2OC2C(C)[C@]1(C)O.CO.CO. The summed E-state index contributed by atoms with van der Waals surface area (Å²) < 4.78 is 42.5. The molecule has 4 aliphatic rings. The van der Waals surface area contributed by atoms with Crippen LogP contribution >= 0.6 is 0 Å². The first-order valence-corrected chi connectivity index (χ1v) is 20.2. The fourth-order valence-corrected chi connectivity index (χ4v) is 7.84. The maximum Gasteiger partial charge on any atom is 0.311 e. The molecule has 0 aliphatic carbocycles. The van der Waals surface area contributed by atoms with Crippen molar-refractivity contribution in [3.63, 3.8) is 0 Å². The summed E-state index contributed by atoms with van der Waals surface area (Å²) in [5.74, 6) is -0.635. The molecule has 0 saturated carbocycles. The number of epoxide rings is 1.